The van der Waals surface area contributed by atoms with Gasteiger partial charge in [-0.05, 0) is 35.2 Å². The van der Waals surface area contributed by atoms with Crippen molar-refractivity contribution in [2.45, 2.75) is 19.5 Å². The Labute approximate surface area is 149 Å². The molecule has 0 aromatic heterocycles. The first-order valence-electron chi connectivity index (χ1n) is 9.18. The second-order valence-electron chi connectivity index (χ2n) is 6.97. The summed E-state index contributed by atoms with van der Waals surface area (Å²) in [7, 11) is 0. The first kappa shape index (κ1) is 16.3. The van der Waals surface area contributed by atoms with E-state index in [0.717, 1.165) is 57.8 Å². The second-order valence-corrected chi connectivity index (χ2v) is 6.97. The van der Waals surface area contributed by atoms with Gasteiger partial charge in [0.15, 0.2) is 0 Å². The van der Waals surface area contributed by atoms with Crippen LogP contribution in [0.25, 0.3) is 0 Å². The fourth-order valence-electron chi connectivity index (χ4n) is 3.74. The molecule has 0 atom stereocenters. The van der Waals surface area contributed by atoms with Crippen molar-refractivity contribution in [2.24, 2.45) is 0 Å². The maximum Gasteiger partial charge on any atom is 0.253 e. The van der Waals surface area contributed by atoms with Gasteiger partial charge < -0.3 is 10.2 Å². The predicted molar refractivity (Wildman–Crippen MR) is 99.5 cm³/mol. The van der Waals surface area contributed by atoms with Gasteiger partial charge >= 0.3 is 0 Å². The van der Waals surface area contributed by atoms with Gasteiger partial charge in [-0.1, -0.05) is 36.4 Å². The number of benzene rings is 2. The molecule has 1 saturated heterocycles. The van der Waals surface area contributed by atoms with Crippen molar-refractivity contribution in [3.63, 3.8) is 0 Å². The topological polar surface area (TPSA) is 35.6 Å². The van der Waals surface area contributed by atoms with Crippen LogP contribution in [0.3, 0.4) is 0 Å². The van der Waals surface area contributed by atoms with Crippen LogP contribution >= 0.6 is 0 Å². The zero-order valence-corrected chi connectivity index (χ0v) is 14.6. The van der Waals surface area contributed by atoms with Crippen LogP contribution in [0.2, 0.25) is 0 Å². The lowest BCUT2D eigenvalue weighted by atomic mass is 10.1. The van der Waals surface area contributed by atoms with Gasteiger partial charge in [-0.3, -0.25) is 9.69 Å². The molecule has 1 amide bonds. The largest absolute Gasteiger partial charge is 0.336 e. The lowest BCUT2D eigenvalue weighted by Gasteiger charge is -2.27. The standard InChI is InChI=1S/C21H25N3O/c25-21(24-12-9-22-10-13-24)18-6-7-19-15-23(16-20(19)14-18)11-8-17-4-2-1-3-5-17/h1-7,14,22H,8-13,15-16H2. The van der Waals surface area contributed by atoms with E-state index in [0.29, 0.717) is 0 Å². The Balaban J connectivity index is 1.39. The molecule has 2 aliphatic heterocycles. The average molecular weight is 335 g/mol. The highest BCUT2D eigenvalue weighted by Gasteiger charge is 2.22. The molecule has 0 unspecified atom stereocenters. The lowest BCUT2D eigenvalue weighted by molar-refractivity contribution is 0.0735. The Morgan fingerprint density at radius 1 is 0.960 bits per heavy atom. The maximum atomic E-state index is 12.7. The summed E-state index contributed by atoms with van der Waals surface area (Å²) in [4.78, 5) is 17.1. The number of carbonyl (C=O) groups is 1. The number of fused-ring (bicyclic) bond motifs is 1. The number of piperazine rings is 1. The second kappa shape index (κ2) is 7.38. The summed E-state index contributed by atoms with van der Waals surface area (Å²) < 4.78 is 0. The molecule has 0 aliphatic carbocycles. The van der Waals surface area contributed by atoms with E-state index < -0.39 is 0 Å². The monoisotopic (exact) mass is 335 g/mol. The molecule has 2 heterocycles. The Morgan fingerprint density at radius 2 is 1.72 bits per heavy atom. The third kappa shape index (κ3) is 3.75. The fraction of sp³-hybridized carbons (Fsp3) is 0.381. The number of carbonyl (C=O) groups excluding carboxylic acids is 1. The predicted octanol–water partition coefficient (Wildman–Crippen LogP) is 2.29. The van der Waals surface area contributed by atoms with Gasteiger partial charge in [0.05, 0.1) is 0 Å². The number of nitrogens with zero attached hydrogens (tertiary/aromatic N) is 2. The van der Waals surface area contributed by atoms with Crippen molar-refractivity contribution >= 4 is 5.91 Å². The van der Waals surface area contributed by atoms with E-state index in [1.54, 1.807) is 0 Å². The molecule has 1 N–H and O–H groups in total. The number of nitrogens with one attached hydrogen (secondary N) is 1. The summed E-state index contributed by atoms with van der Waals surface area (Å²) in [6.07, 6.45) is 1.07. The van der Waals surface area contributed by atoms with Crippen molar-refractivity contribution in [3.8, 4) is 0 Å². The maximum absolute atomic E-state index is 12.7. The minimum Gasteiger partial charge on any atom is -0.336 e. The molecule has 4 heteroatoms. The Morgan fingerprint density at radius 3 is 2.52 bits per heavy atom. The summed E-state index contributed by atoms with van der Waals surface area (Å²) >= 11 is 0. The van der Waals surface area contributed by atoms with Gasteiger partial charge in [-0.2, -0.15) is 0 Å². The van der Waals surface area contributed by atoms with Crippen molar-refractivity contribution in [2.75, 3.05) is 32.7 Å². The van der Waals surface area contributed by atoms with Gasteiger partial charge in [0.2, 0.25) is 0 Å². The SMILES string of the molecule is O=C(c1ccc2c(c1)CN(CCc1ccccc1)C2)N1CCNCC1. The molecule has 0 bridgehead atoms. The normalized spacial score (nSPS) is 17.5. The van der Waals surface area contributed by atoms with E-state index in [1.807, 2.05) is 11.0 Å². The molecule has 1 fully saturated rings. The van der Waals surface area contributed by atoms with E-state index in [1.165, 1.54) is 16.7 Å². The molecule has 4 nitrogen and oxygen atoms in total. The molecular formula is C21H25N3O. The Hall–Kier alpha value is -2.17. The quantitative estimate of drug-likeness (QED) is 0.931. The summed E-state index contributed by atoms with van der Waals surface area (Å²) in [5.74, 6) is 0.173. The summed E-state index contributed by atoms with van der Waals surface area (Å²) in [6, 6.07) is 16.9. The highest BCUT2D eigenvalue weighted by molar-refractivity contribution is 5.94. The molecular weight excluding hydrogens is 310 g/mol. The highest BCUT2D eigenvalue weighted by Crippen LogP contribution is 2.24. The highest BCUT2D eigenvalue weighted by atomic mass is 16.2. The van der Waals surface area contributed by atoms with Crippen LogP contribution in [-0.4, -0.2) is 48.4 Å². The summed E-state index contributed by atoms with van der Waals surface area (Å²) in [6.45, 7) is 6.39. The summed E-state index contributed by atoms with van der Waals surface area (Å²) in [5.41, 5.74) is 4.90. The van der Waals surface area contributed by atoms with E-state index in [9.17, 15) is 4.79 Å². The molecule has 130 valence electrons. The smallest absolute Gasteiger partial charge is 0.253 e. The van der Waals surface area contributed by atoms with Crippen LogP contribution in [0.4, 0.5) is 0 Å². The molecule has 25 heavy (non-hydrogen) atoms. The van der Waals surface area contributed by atoms with Gasteiger partial charge in [-0.25, -0.2) is 0 Å². The van der Waals surface area contributed by atoms with Crippen LogP contribution in [0.1, 0.15) is 27.0 Å². The van der Waals surface area contributed by atoms with Crippen LogP contribution < -0.4 is 5.32 Å². The van der Waals surface area contributed by atoms with Gasteiger partial charge in [0.1, 0.15) is 0 Å². The number of hydrogen-bond donors (Lipinski definition) is 1. The zero-order valence-electron chi connectivity index (χ0n) is 14.6. The first-order valence-corrected chi connectivity index (χ1v) is 9.18. The molecule has 2 aromatic carbocycles. The van der Waals surface area contributed by atoms with Gasteiger partial charge in [0, 0.05) is 51.4 Å². The third-order valence-corrected chi connectivity index (χ3v) is 5.20. The van der Waals surface area contributed by atoms with Crippen molar-refractivity contribution in [1.82, 2.24) is 15.1 Å². The molecule has 2 aliphatic rings. The zero-order chi connectivity index (χ0) is 17.1. The third-order valence-electron chi connectivity index (χ3n) is 5.20. The Kier molecular flexibility index (Phi) is 4.81. The van der Waals surface area contributed by atoms with Crippen LogP contribution in [0.15, 0.2) is 48.5 Å². The van der Waals surface area contributed by atoms with E-state index in [2.05, 4.69) is 52.7 Å². The fourth-order valence-corrected chi connectivity index (χ4v) is 3.74. The number of hydrogen-bond acceptors (Lipinski definition) is 3. The van der Waals surface area contributed by atoms with E-state index in [4.69, 9.17) is 0 Å². The minimum atomic E-state index is 0.173. The van der Waals surface area contributed by atoms with E-state index >= 15 is 0 Å². The Bertz CT molecular complexity index is 738. The van der Waals surface area contributed by atoms with E-state index in [-0.39, 0.29) is 5.91 Å². The average Bonchev–Trinajstić information content (AvgIpc) is 3.09. The van der Waals surface area contributed by atoms with Crippen LogP contribution in [-0.2, 0) is 19.5 Å². The van der Waals surface area contributed by atoms with Crippen LogP contribution in [0, 0.1) is 0 Å². The van der Waals surface area contributed by atoms with Gasteiger partial charge in [-0.15, -0.1) is 0 Å². The van der Waals surface area contributed by atoms with Crippen LogP contribution in [0.5, 0.6) is 0 Å². The van der Waals surface area contributed by atoms with Crippen molar-refractivity contribution in [1.29, 1.82) is 0 Å². The number of amides is 1. The summed E-state index contributed by atoms with van der Waals surface area (Å²) in [5, 5.41) is 3.30. The molecule has 0 spiro atoms. The first-order chi connectivity index (χ1) is 12.3. The molecule has 0 saturated carbocycles. The van der Waals surface area contributed by atoms with Crippen molar-refractivity contribution < 1.29 is 4.79 Å². The lowest BCUT2D eigenvalue weighted by Crippen LogP contribution is -2.46. The molecule has 4 rings (SSSR count). The van der Waals surface area contributed by atoms with Crippen molar-refractivity contribution in [3.05, 3.63) is 70.8 Å². The molecule has 2 aromatic rings. The molecule has 0 radical (unpaired) electrons. The number of rotatable bonds is 4. The minimum absolute atomic E-state index is 0.173. The van der Waals surface area contributed by atoms with Gasteiger partial charge in [0.25, 0.3) is 5.91 Å².